The topological polar surface area (TPSA) is 61.8 Å². The molecule has 0 aromatic rings. The number of carbonyl (C=O) groups excluding carboxylic acids is 2. The summed E-state index contributed by atoms with van der Waals surface area (Å²) in [6.07, 6.45) is 1.64. The van der Waals surface area contributed by atoms with E-state index in [-0.39, 0.29) is 0 Å². The Morgan fingerprint density at radius 3 is 1.67 bits per heavy atom. The molecule has 3 atom stereocenters. The molecule has 0 saturated heterocycles. The first kappa shape index (κ1) is 19.4. The molecule has 0 aromatic carbocycles. The minimum Gasteiger partial charge on any atom is -0.455 e. The number of hydrogen-bond donors (Lipinski definition) is 0. The SMILES string of the molecule is C/C=C(/C)C(=O)O[C@H](C)[C@@H](OC(=O)/C(C)=C\C)C(C)OC. The minimum atomic E-state index is -0.675. The first-order chi connectivity index (χ1) is 9.78. The van der Waals surface area contributed by atoms with Gasteiger partial charge in [0, 0.05) is 18.3 Å². The van der Waals surface area contributed by atoms with Gasteiger partial charge in [0.05, 0.1) is 6.10 Å². The molecule has 5 nitrogen and oxygen atoms in total. The highest BCUT2D eigenvalue weighted by Gasteiger charge is 2.31. The zero-order valence-corrected chi connectivity index (χ0v) is 13.9. The highest BCUT2D eigenvalue weighted by atomic mass is 16.6. The third-order valence-corrected chi connectivity index (χ3v) is 3.34. The molecule has 1 unspecified atom stereocenters. The van der Waals surface area contributed by atoms with Gasteiger partial charge in [0.15, 0.2) is 6.10 Å². The number of rotatable bonds is 7. The van der Waals surface area contributed by atoms with E-state index in [4.69, 9.17) is 14.2 Å². The quantitative estimate of drug-likeness (QED) is 0.534. The first-order valence-corrected chi connectivity index (χ1v) is 6.99. The van der Waals surface area contributed by atoms with Crippen molar-refractivity contribution in [1.29, 1.82) is 0 Å². The van der Waals surface area contributed by atoms with E-state index in [1.807, 2.05) is 0 Å². The van der Waals surface area contributed by atoms with Gasteiger partial charge < -0.3 is 14.2 Å². The second kappa shape index (κ2) is 9.34. The Labute approximate surface area is 126 Å². The Balaban J connectivity index is 4.99. The number of methoxy groups -OCH3 is 1. The van der Waals surface area contributed by atoms with Gasteiger partial charge in [-0.2, -0.15) is 0 Å². The molecule has 0 aliphatic rings. The Morgan fingerprint density at radius 1 is 0.857 bits per heavy atom. The van der Waals surface area contributed by atoms with E-state index in [1.165, 1.54) is 7.11 Å². The molecular formula is C16H26O5. The predicted molar refractivity (Wildman–Crippen MR) is 80.8 cm³/mol. The standard InChI is InChI=1S/C16H26O5/c1-8-10(3)15(17)20-13(6)14(12(5)19-7)21-16(18)11(4)9-2/h8-9,12-14H,1-7H3/b10-8-,11-9-/t12?,13-,14+/m1/s1. The summed E-state index contributed by atoms with van der Waals surface area (Å²) in [7, 11) is 1.51. The van der Waals surface area contributed by atoms with Gasteiger partial charge in [0.25, 0.3) is 0 Å². The van der Waals surface area contributed by atoms with Gasteiger partial charge in [0.1, 0.15) is 6.10 Å². The van der Waals surface area contributed by atoms with Crippen LogP contribution in [0.4, 0.5) is 0 Å². The van der Waals surface area contributed by atoms with Crippen molar-refractivity contribution in [3.63, 3.8) is 0 Å². The maximum absolute atomic E-state index is 11.9. The van der Waals surface area contributed by atoms with E-state index in [1.54, 1.807) is 53.7 Å². The van der Waals surface area contributed by atoms with Crippen molar-refractivity contribution in [1.82, 2.24) is 0 Å². The maximum Gasteiger partial charge on any atom is 0.333 e. The van der Waals surface area contributed by atoms with Gasteiger partial charge in [-0.05, 0) is 41.5 Å². The van der Waals surface area contributed by atoms with E-state index in [0.29, 0.717) is 11.1 Å². The second-order valence-electron chi connectivity index (χ2n) is 4.86. The smallest absolute Gasteiger partial charge is 0.333 e. The van der Waals surface area contributed by atoms with Crippen LogP contribution in [-0.4, -0.2) is 37.4 Å². The minimum absolute atomic E-state index is 0.396. The summed E-state index contributed by atoms with van der Waals surface area (Å²) in [4.78, 5) is 23.7. The van der Waals surface area contributed by atoms with Crippen molar-refractivity contribution in [2.24, 2.45) is 0 Å². The lowest BCUT2D eigenvalue weighted by Gasteiger charge is -2.28. The summed E-state index contributed by atoms with van der Waals surface area (Å²) >= 11 is 0. The first-order valence-electron chi connectivity index (χ1n) is 6.99. The molecule has 5 heteroatoms. The van der Waals surface area contributed by atoms with Crippen LogP contribution in [0.15, 0.2) is 23.3 Å². The van der Waals surface area contributed by atoms with Gasteiger partial charge >= 0.3 is 11.9 Å². The average molecular weight is 298 g/mol. The lowest BCUT2D eigenvalue weighted by atomic mass is 10.1. The van der Waals surface area contributed by atoms with Crippen molar-refractivity contribution >= 4 is 11.9 Å². The normalized spacial score (nSPS) is 16.9. The lowest BCUT2D eigenvalue weighted by Crippen LogP contribution is -2.42. The van der Waals surface area contributed by atoms with Crippen LogP contribution in [0.25, 0.3) is 0 Å². The Hall–Kier alpha value is -1.62. The van der Waals surface area contributed by atoms with Crippen LogP contribution in [0.5, 0.6) is 0 Å². The number of esters is 2. The maximum atomic E-state index is 11.9. The second-order valence-corrected chi connectivity index (χ2v) is 4.86. The summed E-state index contributed by atoms with van der Waals surface area (Å²) in [5, 5.41) is 0. The highest BCUT2D eigenvalue weighted by molar-refractivity contribution is 5.88. The Kier molecular flexibility index (Phi) is 8.62. The van der Waals surface area contributed by atoms with Crippen molar-refractivity contribution in [3.05, 3.63) is 23.3 Å². The molecule has 0 aliphatic heterocycles. The fourth-order valence-corrected chi connectivity index (χ4v) is 1.49. The molecule has 0 N–H and O–H groups in total. The van der Waals surface area contributed by atoms with E-state index in [2.05, 4.69) is 0 Å². The average Bonchev–Trinajstić information content (AvgIpc) is 2.49. The van der Waals surface area contributed by atoms with Gasteiger partial charge in [0.2, 0.25) is 0 Å². The van der Waals surface area contributed by atoms with Crippen LogP contribution in [0.2, 0.25) is 0 Å². The van der Waals surface area contributed by atoms with Crippen molar-refractivity contribution in [2.75, 3.05) is 7.11 Å². The van der Waals surface area contributed by atoms with E-state index in [0.717, 1.165) is 0 Å². The predicted octanol–water partition coefficient (Wildman–Crippen LogP) is 2.80. The molecule has 0 rings (SSSR count). The molecule has 0 heterocycles. The summed E-state index contributed by atoms with van der Waals surface area (Å²) in [6, 6.07) is 0. The summed E-state index contributed by atoms with van der Waals surface area (Å²) in [5.41, 5.74) is 0.994. The largest absolute Gasteiger partial charge is 0.455 e. The Morgan fingerprint density at radius 2 is 1.29 bits per heavy atom. The zero-order chi connectivity index (χ0) is 16.6. The van der Waals surface area contributed by atoms with Crippen molar-refractivity contribution < 1.29 is 23.8 Å². The summed E-state index contributed by atoms with van der Waals surface area (Å²) in [6.45, 7) is 10.3. The molecular weight excluding hydrogens is 272 g/mol. The lowest BCUT2D eigenvalue weighted by molar-refractivity contribution is -0.171. The van der Waals surface area contributed by atoms with Crippen LogP contribution >= 0.6 is 0 Å². The zero-order valence-electron chi connectivity index (χ0n) is 13.9. The number of hydrogen-bond acceptors (Lipinski definition) is 5. The third-order valence-electron chi connectivity index (χ3n) is 3.34. The molecule has 0 saturated carbocycles. The molecule has 21 heavy (non-hydrogen) atoms. The number of carbonyl (C=O) groups is 2. The fraction of sp³-hybridized carbons (Fsp3) is 0.625. The molecule has 0 amide bonds. The fourth-order valence-electron chi connectivity index (χ4n) is 1.49. The van der Waals surface area contributed by atoms with Crippen molar-refractivity contribution in [2.45, 2.75) is 59.9 Å². The third kappa shape index (κ3) is 6.12. The monoisotopic (exact) mass is 298 g/mol. The van der Waals surface area contributed by atoms with Crippen LogP contribution in [0.3, 0.4) is 0 Å². The number of allylic oxidation sites excluding steroid dienone is 2. The van der Waals surface area contributed by atoms with E-state index in [9.17, 15) is 9.59 Å². The molecule has 0 bridgehead atoms. The number of ether oxygens (including phenoxy) is 3. The van der Waals surface area contributed by atoms with Gasteiger partial charge in [-0.1, -0.05) is 12.2 Å². The van der Waals surface area contributed by atoms with Crippen LogP contribution in [0, 0.1) is 0 Å². The van der Waals surface area contributed by atoms with Crippen LogP contribution < -0.4 is 0 Å². The molecule has 0 radical (unpaired) electrons. The molecule has 0 aliphatic carbocycles. The van der Waals surface area contributed by atoms with Gasteiger partial charge in [-0.25, -0.2) is 9.59 Å². The molecule has 0 spiro atoms. The summed E-state index contributed by atoms with van der Waals surface area (Å²) in [5.74, 6) is -0.880. The van der Waals surface area contributed by atoms with Crippen LogP contribution in [-0.2, 0) is 23.8 Å². The van der Waals surface area contributed by atoms with Gasteiger partial charge in [-0.3, -0.25) is 0 Å². The van der Waals surface area contributed by atoms with Gasteiger partial charge in [-0.15, -0.1) is 0 Å². The van der Waals surface area contributed by atoms with Crippen LogP contribution in [0.1, 0.15) is 41.5 Å². The Bertz CT molecular complexity index is 422. The molecule has 120 valence electrons. The molecule has 0 fully saturated rings. The molecule has 0 aromatic heterocycles. The highest BCUT2D eigenvalue weighted by Crippen LogP contribution is 2.15. The summed E-state index contributed by atoms with van der Waals surface area (Å²) < 4.78 is 15.9. The van der Waals surface area contributed by atoms with E-state index < -0.39 is 30.3 Å². The van der Waals surface area contributed by atoms with Crippen molar-refractivity contribution in [3.8, 4) is 0 Å². The van der Waals surface area contributed by atoms with E-state index >= 15 is 0 Å².